The number of benzene rings is 1. The van der Waals surface area contributed by atoms with Crippen LogP contribution in [0.4, 0.5) is 11.4 Å². The molecule has 106 valence electrons. The molecule has 1 aromatic carbocycles. The fourth-order valence-electron chi connectivity index (χ4n) is 1.58. The highest BCUT2D eigenvalue weighted by atomic mass is 32.2. The molecule has 2 rings (SSSR count). The summed E-state index contributed by atoms with van der Waals surface area (Å²) in [7, 11) is -3.29. The van der Waals surface area contributed by atoms with E-state index in [9.17, 15) is 13.2 Å². The number of hydrogen-bond acceptors (Lipinski definition) is 4. The molecule has 0 saturated carbocycles. The molecule has 0 unspecified atom stereocenters. The number of hydrogen-bond donors (Lipinski definition) is 2. The first-order valence-corrected chi connectivity index (χ1v) is 8.50. The van der Waals surface area contributed by atoms with Gasteiger partial charge < -0.3 is 5.32 Å². The van der Waals surface area contributed by atoms with Gasteiger partial charge in [0.15, 0.2) is 0 Å². The van der Waals surface area contributed by atoms with Gasteiger partial charge in [0, 0.05) is 16.3 Å². The fraction of sp³-hybridized carbons (Fsp3) is 0.154. The number of carbonyl (C=O) groups is 1. The first-order valence-electron chi connectivity index (χ1n) is 5.79. The standard InChI is InChI=1S/C13H14N2O3S2/c1-9-3-8-12(19-9)13(16)14-10-4-6-11(7-5-10)15-20(2,17)18/h3-8,15H,1-2H3,(H,14,16). The summed E-state index contributed by atoms with van der Waals surface area (Å²) in [4.78, 5) is 13.6. The Hall–Kier alpha value is -1.86. The minimum absolute atomic E-state index is 0.174. The Balaban J connectivity index is 2.06. The van der Waals surface area contributed by atoms with Crippen LogP contribution in [0.25, 0.3) is 0 Å². The fourth-order valence-corrected chi connectivity index (χ4v) is 2.91. The average Bonchev–Trinajstić information content (AvgIpc) is 2.77. The molecule has 7 heteroatoms. The molecular weight excluding hydrogens is 296 g/mol. The largest absolute Gasteiger partial charge is 0.321 e. The van der Waals surface area contributed by atoms with Crippen molar-refractivity contribution >= 4 is 38.6 Å². The van der Waals surface area contributed by atoms with Crippen molar-refractivity contribution in [1.82, 2.24) is 0 Å². The van der Waals surface area contributed by atoms with E-state index in [0.29, 0.717) is 16.3 Å². The molecule has 0 aliphatic heterocycles. The highest BCUT2D eigenvalue weighted by Crippen LogP contribution is 2.19. The van der Waals surface area contributed by atoms with E-state index in [4.69, 9.17) is 0 Å². The molecule has 20 heavy (non-hydrogen) atoms. The smallest absolute Gasteiger partial charge is 0.265 e. The van der Waals surface area contributed by atoms with Gasteiger partial charge in [-0.25, -0.2) is 8.42 Å². The van der Waals surface area contributed by atoms with E-state index in [2.05, 4.69) is 10.0 Å². The molecule has 2 N–H and O–H groups in total. The number of aryl methyl sites for hydroxylation is 1. The Morgan fingerprint density at radius 1 is 1.05 bits per heavy atom. The second-order valence-corrected chi connectivity index (χ2v) is 7.35. The number of carbonyl (C=O) groups excluding carboxylic acids is 1. The van der Waals surface area contributed by atoms with Crippen molar-refractivity contribution in [2.24, 2.45) is 0 Å². The minimum atomic E-state index is -3.29. The van der Waals surface area contributed by atoms with Crippen LogP contribution < -0.4 is 10.0 Å². The van der Waals surface area contributed by atoms with Crippen LogP contribution in [0, 0.1) is 6.92 Å². The van der Waals surface area contributed by atoms with Gasteiger partial charge in [-0.1, -0.05) is 0 Å². The van der Waals surface area contributed by atoms with Gasteiger partial charge in [-0.05, 0) is 43.3 Å². The van der Waals surface area contributed by atoms with E-state index in [1.54, 1.807) is 30.3 Å². The predicted octanol–water partition coefficient (Wildman–Crippen LogP) is 2.68. The molecule has 1 heterocycles. The second-order valence-electron chi connectivity index (χ2n) is 4.32. The topological polar surface area (TPSA) is 75.3 Å². The molecule has 5 nitrogen and oxygen atoms in total. The molecule has 0 aliphatic rings. The first-order chi connectivity index (χ1) is 9.33. The highest BCUT2D eigenvalue weighted by Gasteiger charge is 2.08. The van der Waals surface area contributed by atoms with Crippen LogP contribution in [0.2, 0.25) is 0 Å². The number of nitrogens with one attached hydrogen (secondary N) is 2. The third kappa shape index (κ3) is 4.07. The lowest BCUT2D eigenvalue weighted by Crippen LogP contribution is -2.11. The Kier molecular flexibility index (Phi) is 4.10. The molecule has 1 aromatic heterocycles. The van der Waals surface area contributed by atoms with Gasteiger partial charge in [-0.3, -0.25) is 9.52 Å². The van der Waals surface area contributed by atoms with Crippen molar-refractivity contribution in [3.63, 3.8) is 0 Å². The van der Waals surface area contributed by atoms with Gasteiger partial charge in [0.2, 0.25) is 10.0 Å². The Labute approximate surface area is 121 Å². The van der Waals surface area contributed by atoms with Crippen molar-refractivity contribution in [2.75, 3.05) is 16.3 Å². The van der Waals surface area contributed by atoms with E-state index in [0.717, 1.165) is 11.1 Å². The molecular formula is C13H14N2O3S2. The maximum Gasteiger partial charge on any atom is 0.265 e. The Morgan fingerprint density at radius 3 is 2.15 bits per heavy atom. The lowest BCUT2D eigenvalue weighted by atomic mass is 10.3. The molecule has 0 saturated heterocycles. The van der Waals surface area contributed by atoms with Gasteiger partial charge in [-0.15, -0.1) is 11.3 Å². The van der Waals surface area contributed by atoms with E-state index >= 15 is 0 Å². The molecule has 0 aliphatic carbocycles. The number of amides is 1. The monoisotopic (exact) mass is 310 g/mol. The summed E-state index contributed by atoms with van der Waals surface area (Å²) in [6, 6.07) is 10.1. The first kappa shape index (κ1) is 14.5. The van der Waals surface area contributed by atoms with Gasteiger partial charge in [0.25, 0.3) is 5.91 Å². The predicted molar refractivity (Wildman–Crippen MR) is 81.9 cm³/mol. The van der Waals surface area contributed by atoms with E-state index in [1.165, 1.54) is 11.3 Å². The summed E-state index contributed by atoms with van der Waals surface area (Å²) < 4.78 is 24.5. The molecule has 2 aromatic rings. The number of sulfonamides is 1. The van der Waals surface area contributed by atoms with Gasteiger partial charge >= 0.3 is 0 Å². The summed E-state index contributed by atoms with van der Waals surface area (Å²) in [5, 5.41) is 2.76. The second kappa shape index (κ2) is 5.64. The summed E-state index contributed by atoms with van der Waals surface area (Å²) in [6.45, 7) is 1.94. The van der Waals surface area contributed by atoms with E-state index in [1.807, 2.05) is 13.0 Å². The molecule has 1 amide bonds. The van der Waals surface area contributed by atoms with Crippen LogP contribution in [0.1, 0.15) is 14.5 Å². The maximum absolute atomic E-state index is 11.9. The number of rotatable bonds is 4. The van der Waals surface area contributed by atoms with Crippen molar-refractivity contribution in [1.29, 1.82) is 0 Å². The van der Waals surface area contributed by atoms with Crippen molar-refractivity contribution in [2.45, 2.75) is 6.92 Å². The summed E-state index contributed by atoms with van der Waals surface area (Å²) >= 11 is 1.42. The van der Waals surface area contributed by atoms with E-state index < -0.39 is 10.0 Å². The SMILES string of the molecule is Cc1ccc(C(=O)Nc2ccc(NS(C)(=O)=O)cc2)s1. The summed E-state index contributed by atoms with van der Waals surface area (Å²) in [5.74, 6) is -0.174. The van der Waals surface area contributed by atoms with Crippen molar-refractivity contribution in [3.8, 4) is 0 Å². The molecule has 0 atom stereocenters. The normalized spacial score (nSPS) is 11.1. The molecule has 0 spiro atoms. The van der Waals surface area contributed by atoms with Crippen LogP contribution >= 0.6 is 11.3 Å². The van der Waals surface area contributed by atoms with Crippen molar-refractivity contribution < 1.29 is 13.2 Å². The van der Waals surface area contributed by atoms with Crippen LogP contribution in [0.15, 0.2) is 36.4 Å². The molecule has 0 fully saturated rings. The lowest BCUT2D eigenvalue weighted by molar-refractivity contribution is 0.103. The number of thiophene rings is 1. The highest BCUT2D eigenvalue weighted by molar-refractivity contribution is 7.92. The van der Waals surface area contributed by atoms with Crippen LogP contribution in [0.5, 0.6) is 0 Å². The third-order valence-electron chi connectivity index (χ3n) is 2.41. The van der Waals surface area contributed by atoms with Gasteiger partial charge in [0.1, 0.15) is 0 Å². The van der Waals surface area contributed by atoms with Crippen LogP contribution in [-0.2, 0) is 10.0 Å². The van der Waals surface area contributed by atoms with Crippen LogP contribution in [-0.4, -0.2) is 20.6 Å². The lowest BCUT2D eigenvalue weighted by Gasteiger charge is -2.06. The van der Waals surface area contributed by atoms with E-state index in [-0.39, 0.29) is 5.91 Å². The maximum atomic E-state index is 11.9. The summed E-state index contributed by atoms with van der Waals surface area (Å²) in [6.07, 6.45) is 1.09. The average molecular weight is 310 g/mol. The zero-order valence-electron chi connectivity index (χ0n) is 11.0. The molecule has 0 radical (unpaired) electrons. The zero-order valence-corrected chi connectivity index (χ0v) is 12.6. The zero-order chi connectivity index (χ0) is 14.8. The minimum Gasteiger partial charge on any atom is -0.321 e. The molecule has 0 bridgehead atoms. The third-order valence-corrected chi connectivity index (χ3v) is 4.02. The summed E-state index contributed by atoms with van der Waals surface area (Å²) in [5.41, 5.74) is 1.07. The number of anilines is 2. The van der Waals surface area contributed by atoms with Crippen molar-refractivity contribution in [3.05, 3.63) is 46.2 Å². The quantitative estimate of drug-likeness (QED) is 0.911. The van der Waals surface area contributed by atoms with Gasteiger partial charge in [0.05, 0.1) is 11.1 Å². The Morgan fingerprint density at radius 2 is 1.65 bits per heavy atom. The van der Waals surface area contributed by atoms with Gasteiger partial charge in [-0.2, -0.15) is 0 Å². The Bertz CT molecular complexity index is 718. The van der Waals surface area contributed by atoms with Crippen LogP contribution in [0.3, 0.4) is 0 Å².